The average molecular weight is 214 g/mol. The van der Waals surface area contributed by atoms with E-state index in [0.29, 0.717) is 16.8 Å². The first-order valence-electron chi connectivity index (χ1n) is 4.37. The maximum atomic E-state index is 9.57. The summed E-state index contributed by atoms with van der Waals surface area (Å²) in [5.41, 5.74) is 0. The van der Waals surface area contributed by atoms with Crippen LogP contribution in [-0.2, 0) is 4.79 Å². The fourth-order valence-electron chi connectivity index (χ4n) is 0.697. The molecule has 5 heteroatoms. The van der Waals surface area contributed by atoms with E-state index < -0.39 is 0 Å². The van der Waals surface area contributed by atoms with Crippen LogP contribution in [-0.4, -0.2) is 23.5 Å². The quantitative estimate of drug-likeness (QED) is 0.761. The first-order valence-corrected chi connectivity index (χ1v) is 4.75. The van der Waals surface area contributed by atoms with E-state index in [1.54, 1.807) is 13.1 Å². The monoisotopic (exact) mass is 213 g/mol. The zero-order valence-corrected chi connectivity index (χ0v) is 8.66. The summed E-state index contributed by atoms with van der Waals surface area (Å²) in [6, 6.07) is 1.70. The van der Waals surface area contributed by atoms with Crippen LogP contribution >= 0.6 is 11.6 Å². The molecular formula is C9H12ClN3O. The SMILES string of the molecule is CNc1cc(Cl)cnn1.O=CC1CC1. The van der Waals surface area contributed by atoms with Crippen molar-refractivity contribution in [1.29, 1.82) is 0 Å². The Labute approximate surface area is 87.7 Å². The van der Waals surface area contributed by atoms with Gasteiger partial charge < -0.3 is 10.1 Å². The summed E-state index contributed by atoms with van der Waals surface area (Å²) >= 11 is 5.58. The zero-order chi connectivity index (χ0) is 10.4. The minimum Gasteiger partial charge on any atom is -0.372 e. The van der Waals surface area contributed by atoms with Crippen LogP contribution in [0.4, 0.5) is 5.82 Å². The average Bonchev–Trinajstić information content (AvgIpc) is 3.02. The Hall–Kier alpha value is -1.16. The van der Waals surface area contributed by atoms with Gasteiger partial charge in [0, 0.05) is 19.0 Å². The lowest BCUT2D eigenvalue weighted by Gasteiger charge is -1.94. The number of anilines is 1. The van der Waals surface area contributed by atoms with Gasteiger partial charge in [0.25, 0.3) is 0 Å². The van der Waals surface area contributed by atoms with Gasteiger partial charge in [-0.05, 0) is 12.8 Å². The molecule has 0 saturated heterocycles. The summed E-state index contributed by atoms with van der Waals surface area (Å²) in [5.74, 6) is 1.14. The van der Waals surface area contributed by atoms with Crippen LogP contribution in [0.15, 0.2) is 12.3 Å². The van der Waals surface area contributed by atoms with Crippen LogP contribution in [0, 0.1) is 5.92 Å². The van der Waals surface area contributed by atoms with Crippen molar-refractivity contribution in [3.63, 3.8) is 0 Å². The molecule has 0 unspecified atom stereocenters. The first-order chi connectivity index (χ1) is 6.76. The maximum Gasteiger partial charge on any atom is 0.149 e. The smallest absolute Gasteiger partial charge is 0.149 e. The highest BCUT2D eigenvalue weighted by molar-refractivity contribution is 6.30. The third kappa shape index (κ3) is 4.18. The number of rotatable bonds is 2. The van der Waals surface area contributed by atoms with Gasteiger partial charge in [-0.15, -0.1) is 5.10 Å². The standard InChI is InChI=1S/C5H6ClN3.C4H6O/c1-7-5-2-4(6)3-8-9-5;5-3-4-1-2-4/h2-3H,1H3,(H,7,9);3-4H,1-2H2. The Morgan fingerprint density at radius 1 is 1.64 bits per heavy atom. The molecule has 0 aliphatic heterocycles. The predicted octanol–water partition coefficient (Wildman–Crippen LogP) is 1.77. The molecule has 1 saturated carbocycles. The van der Waals surface area contributed by atoms with E-state index >= 15 is 0 Å². The van der Waals surface area contributed by atoms with Crippen LogP contribution in [0.25, 0.3) is 0 Å². The number of nitrogens with zero attached hydrogens (tertiary/aromatic N) is 2. The molecule has 1 fully saturated rings. The molecule has 1 aliphatic carbocycles. The molecule has 76 valence electrons. The summed E-state index contributed by atoms with van der Waals surface area (Å²) in [7, 11) is 1.76. The minimum absolute atomic E-state index is 0.454. The Morgan fingerprint density at radius 2 is 2.36 bits per heavy atom. The molecule has 4 nitrogen and oxygen atoms in total. The molecule has 1 heterocycles. The number of nitrogens with one attached hydrogen (secondary N) is 1. The second-order valence-corrected chi connectivity index (χ2v) is 3.42. The van der Waals surface area contributed by atoms with Crippen LogP contribution in [0.1, 0.15) is 12.8 Å². The van der Waals surface area contributed by atoms with Crippen molar-refractivity contribution in [2.24, 2.45) is 5.92 Å². The Balaban J connectivity index is 0.000000165. The number of hydrogen-bond acceptors (Lipinski definition) is 4. The molecule has 0 bridgehead atoms. The van der Waals surface area contributed by atoms with Crippen molar-refractivity contribution in [3.05, 3.63) is 17.3 Å². The van der Waals surface area contributed by atoms with Gasteiger partial charge in [-0.2, -0.15) is 5.10 Å². The van der Waals surface area contributed by atoms with Crippen LogP contribution in [0.5, 0.6) is 0 Å². The van der Waals surface area contributed by atoms with Crippen molar-refractivity contribution >= 4 is 23.7 Å². The molecule has 1 N–H and O–H groups in total. The normalized spacial score (nSPS) is 13.9. The van der Waals surface area contributed by atoms with Gasteiger partial charge >= 0.3 is 0 Å². The second-order valence-electron chi connectivity index (χ2n) is 2.98. The van der Waals surface area contributed by atoms with E-state index in [-0.39, 0.29) is 0 Å². The third-order valence-corrected chi connectivity index (χ3v) is 1.90. The van der Waals surface area contributed by atoms with Gasteiger partial charge in [0.2, 0.25) is 0 Å². The van der Waals surface area contributed by atoms with Crippen LogP contribution < -0.4 is 5.32 Å². The zero-order valence-electron chi connectivity index (χ0n) is 7.90. The summed E-state index contributed by atoms with van der Waals surface area (Å²) in [6.45, 7) is 0. The van der Waals surface area contributed by atoms with Crippen LogP contribution in [0.2, 0.25) is 5.02 Å². The predicted molar refractivity (Wildman–Crippen MR) is 55.4 cm³/mol. The fraction of sp³-hybridized carbons (Fsp3) is 0.444. The molecular weight excluding hydrogens is 202 g/mol. The number of aldehydes is 1. The van der Waals surface area contributed by atoms with Gasteiger partial charge in [0.15, 0.2) is 0 Å². The molecule has 1 aromatic rings. The lowest BCUT2D eigenvalue weighted by molar-refractivity contribution is -0.108. The lowest BCUT2D eigenvalue weighted by Crippen LogP contribution is -1.92. The highest BCUT2D eigenvalue weighted by Crippen LogP contribution is 2.25. The van der Waals surface area contributed by atoms with E-state index in [9.17, 15) is 4.79 Å². The summed E-state index contributed by atoms with van der Waals surface area (Å²) in [6.07, 6.45) is 4.80. The largest absolute Gasteiger partial charge is 0.372 e. The number of hydrogen-bond donors (Lipinski definition) is 1. The van der Waals surface area contributed by atoms with Crippen molar-refractivity contribution in [2.75, 3.05) is 12.4 Å². The van der Waals surface area contributed by atoms with Gasteiger partial charge in [-0.3, -0.25) is 0 Å². The highest BCUT2D eigenvalue weighted by atomic mass is 35.5. The van der Waals surface area contributed by atoms with Crippen molar-refractivity contribution in [2.45, 2.75) is 12.8 Å². The molecule has 1 aliphatic rings. The summed E-state index contributed by atoms with van der Waals surface area (Å²) < 4.78 is 0. The molecule has 2 rings (SSSR count). The number of carbonyl (C=O) groups is 1. The van der Waals surface area contributed by atoms with Gasteiger partial charge in [-0.25, -0.2) is 0 Å². The molecule has 0 amide bonds. The Bertz CT molecular complexity index is 302. The van der Waals surface area contributed by atoms with Crippen LogP contribution in [0.3, 0.4) is 0 Å². The van der Waals surface area contributed by atoms with Crippen molar-refractivity contribution < 1.29 is 4.79 Å². The van der Waals surface area contributed by atoms with E-state index in [1.807, 2.05) is 0 Å². The number of halogens is 1. The number of aromatic nitrogens is 2. The first kappa shape index (κ1) is 10.9. The maximum absolute atomic E-state index is 9.57. The lowest BCUT2D eigenvalue weighted by atomic mass is 10.5. The van der Waals surface area contributed by atoms with E-state index in [2.05, 4.69) is 15.5 Å². The Morgan fingerprint density at radius 3 is 2.64 bits per heavy atom. The molecule has 0 radical (unpaired) electrons. The van der Waals surface area contributed by atoms with Gasteiger partial charge in [0.05, 0.1) is 11.2 Å². The highest BCUT2D eigenvalue weighted by Gasteiger charge is 2.18. The fourth-order valence-corrected chi connectivity index (χ4v) is 0.844. The third-order valence-electron chi connectivity index (χ3n) is 1.69. The molecule has 14 heavy (non-hydrogen) atoms. The molecule has 0 atom stereocenters. The van der Waals surface area contributed by atoms with E-state index in [1.165, 1.54) is 6.20 Å². The van der Waals surface area contributed by atoms with Crippen molar-refractivity contribution in [3.8, 4) is 0 Å². The number of carbonyl (C=O) groups excluding carboxylic acids is 1. The van der Waals surface area contributed by atoms with Gasteiger partial charge in [0.1, 0.15) is 12.1 Å². The molecule has 0 spiro atoms. The summed E-state index contributed by atoms with van der Waals surface area (Å²) in [4.78, 5) is 9.57. The molecule has 0 aromatic carbocycles. The summed E-state index contributed by atoms with van der Waals surface area (Å²) in [5, 5.41) is 10.7. The topological polar surface area (TPSA) is 54.9 Å². The van der Waals surface area contributed by atoms with E-state index in [4.69, 9.17) is 11.6 Å². The minimum atomic E-state index is 0.454. The second kappa shape index (κ2) is 5.54. The molecule has 1 aromatic heterocycles. The Kier molecular flexibility index (Phi) is 4.32. The van der Waals surface area contributed by atoms with E-state index in [0.717, 1.165) is 19.1 Å². The van der Waals surface area contributed by atoms with Crippen molar-refractivity contribution in [1.82, 2.24) is 10.2 Å². The van der Waals surface area contributed by atoms with Gasteiger partial charge in [-0.1, -0.05) is 11.6 Å².